The van der Waals surface area contributed by atoms with Gasteiger partial charge in [0, 0.05) is 38.9 Å². The Labute approximate surface area is 165 Å². The maximum atomic E-state index is 12.8. The Bertz CT molecular complexity index is 706. The average Bonchev–Trinajstić information content (AvgIpc) is 2.66. The van der Waals surface area contributed by atoms with E-state index < -0.39 is 33.5 Å². The number of amides is 2. The summed E-state index contributed by atoms with van der Waals surface area (Å²) < 4.78 is 33.6. The fourth-order valence-electron chi connectivity index (χ4n) is 3.09. The van der Waals surface area contributed by atoms with Crippen LogP contribution in [0.25, 0.3) is 0 Å². The van der Waals surface area contributed by atoms with Crippen molar-refractivity contribution in [1.82, 2.24) is 15.1 Å². The SMILES string of the molecule is CN1CCC(C#N)(NC(=O)C(CCS(C)(=O)=O)OC(=O)N2CCOCC2)CC1. The fraction of sp³-hybridized carbons (Fsp3) is 0.824. The Balaban J connectivity index is 2.07. The quantitative estimate of drug-likeness (QED) is 0.605. The smallest absolute Gasteiger partial charge is 0.410 e. The third-order valence-electron chi connectivity index (χ3n) is 4.97. The highest BCUT2D eigenvalue weighted by Gasteiger charge is 2.38. The van der Waals surface area contributed by atoms with Gasteiger partial charge in [0.15, 0.2) is 6.10 Å². The Morgan fingerprint density at radius 2 is 1.86 bits per heavy atom. The molecule has 0 aromatic carbocycles. The first kappa shape index (κ1) is 22.4. The molecule has 2 heterocycles. The van der Waals surface area contributed by atoms with E-state index in [1.807, 2.05) is 7.05 Å². The zero-order chi connectivity index (χ0) is 20.8. The van der Waals surface area contributed by atoms with Crippen molar-refractivity contribution >= 4 is 21.8 Å². The molecule has 158 valence electrons. The van der Waals surface area contributed by atoms with Crippen molar-refractivity contribution in [2.24, 2.45) is 0 Å². The number of carbonyl (C=O) groups is 2. The summed E-state index contributed by atoms with van der Waals surface area (Å²) in [5.74, 6) is -0.944. The monoisotopic (exact) mass is 416 g/mol. The molecule has 2 amide bonds. The van der Waals surface area contributed by atoms with E-state index in [9.17, 15) is 23.3 Å². The molecule has 2 aliphatic rings. The number of nitriles is 1. The molecule has 28 heavy (non-hydrogen) atoms. The molecule has 1 unspecified atom stereocenters. The van der Waals surface area contributed by atoms with Crippen LogP contribution < -0.4 is 5.32 Å². The highest BCUT2D eigenvalue weighted by molar-refractivity contribution is 7.90. The van der Waals surface area contributed by atoms with Crippen molar-refractivity contribution in [2.75, 3.05) is 58.4 Å². The minimum Gasteiger partial charge on any atom is -0.436 e. The lowest BCUT2D eigenvalue weighted by molar-refractivity contribution is -0.132. The summed E-state index contributed by atoms with van der Waals surface area (Å²) in [6.07, 6.45) is -0.188. The Kier molecular flexibility index (Phi) is 7.63. The van der Waals surface area contributed by atoms with E-state index in [1.54, 1.807) is 0 Å². The van der Waals surface area contributed by atoms with Gasteiger partial charge in [0.25, 0.3) is 5.91 Å². The first-order chi connectivity index (χ1) is 13.1. The third-order valence-corrected chi connectivity index (χ3v) is 5.95. The molecule has 11 heteroatoms. The van der Waals surface area contributed by atoms with Gasteiger partial charge in [-0.2, -0.15) is 5.26 Å². The molecule has 1 N–H and O–H groups in total. The summed E-state index contributed by atoms with van der Waals surface area (Å²) in [5.41, 5.74) is -1.04. The minimum absolute atomic E-state index is 0.165. The van der Waals surface area contributed by atoms with Gasteiger partial charge >= 0.3 is 6.09 Å². The van der Waals surface area contributed by atoms with Gasteiger partial charge < -0.3 is 24.6 Å². The molecule has 2 fully saturated rings. The van der Waals surface area contributed by atoms with Crippen LogP contribution in [-0.2, 0) is 24.1 Å². The zero-order valence-electron chi connectivity index (χ0n) is 16.3. The number of rotatable bonds is 6. The average molecular weight is 417 g/mol. The van der Waals surface area contributed by atoms with Crippen LogP contribution in [-0.4, -0.2) is 100 Å². The Morgan fingerprint density at radius 1 is 1.25 bits per heavy atom. The van der Waals surface area contributed by atoms with E-state index in [0.29, 0.717) is 52.2 Å². The largest absolute Gasteiger partial charge is 0.436 e. The summed E-state index contributed by atoms with van der Waals surface area (Å²) in [7, 11) is -1.42. The fourth-order valence-corrected chi connectivity index (χ4v) is 3.73. The second-order valence-corrected chi connectivity index (χ2v) is 9.64. The number of sulfone groups is 1. The maximum absolute atomic E-state index is 12.8. The van der Waals surface area contributed by atoms with Crippen molar-refractivity contribution in [3.63, 3.8) is 0 Å². The van der Waals surface area contributed by atoms with Crippen LogP contribution in [0.4, 0.5) is 4.79 Å². The summed E-state index contributed by atoms with van der Waals surface area (Å²) >= 11 is 0. The predicted molar refractivity (Wildman–Crippen MR) is 100 cm³/mol. The van der Waals surface area contributed by atoms with Gasteiger partial charge in [-0.05, 0) is 19.9 Å². The molecule has 2 rings (SSSR count). The van der Waals surface area contributed by atoms with Crippen LogP contribution in [0.3, 0.4) is 0 Å². The molecule has 1 atom stereocenters. The number of hydrogen-bond acceptors (Lipinski definition) is 8. The van der Waals surface area contributed by atoms with E-state index in [4.69, 9.17) is 9.47 Å². The third kappa shape index (κ3) is 6.61. The lowest BCUT2D eigenvalue weighted by Crippen LogP contribution is -2.57. The van der Waals surface area contributed by atoms with E-state index in [2.05, 4.69) is 16.3 Å². The molecule has 2 aliphatic heterocycles. The molecule has 0 aliphatic carbocycles. The van der Waals surface area contributed by atoms with Gasteiger partial charge in [-0.3, -0.25) is 4.79 Å². The van der Waals surface area contributed by atoms with Crippen LogP contribution in [0, 0.1) is 11.3 Å². The molecule has 0 radical (unpaired) electrons. The van der Waals surface area contributed by atoms with Crippen molar-refractivity contribution in [3.05, 3.63) is 0 Å². The molecular formula is C17H28N4O6S. The normalized spacial score (nSPS) is 21.4. The zero-order valence-corrected chi connectivity index (χ0v) is 17.2. The maximum Gasteiger partial charge on any atom is 0.410 e. The number of hydrogen-bond donors (Lipinski definition) is 1. The standard InChI is InChI=1S/C17H28N4O6S/c1-20-6-4-17(13-18,5-7-20)19-15(22)14(3-12-28(2,24)25)27-16(23)21-8-10-26-11-9-21/h14H,3-12H2,1-2H3,(H,19,22). The van der Waals surface area contributed by atoms with Crippen molar-refractivity contribution in [3.8, 4) is 6.07 Å². The molecule has 0 aromatic heterocycles. The van der Waals surface area contributed by atoms with E-state index in [0.717, 1.165) is 6.26 Å². The number of ether oxygens (including phenoxy) is 2. The van der Waals surface area contributed by atoms with Gasteiger partial charge in [-0.1, -0.05) is 0 Å². The Hall–Kier alpha value is -1.90. The molecule has 0 saturated carbocycles. The lowest BCUT2D eigenvalue weighted by atomic mass is 9.89. The highest BCUT2D eigenvalue weighted by Crippen LogP contribution is 2.21. The summed E-state index contributed by atoms with van der Waals surface area (Å²) in [6, 6.07) is 2.17. The summed E-state index contributed by atoms with van der Waals surface area (Å²) in [4.78, 5) is 28.6. The number of carbonyl (C=O) groups excluding carboxylic acids is 2. The molecule has 0 aromatic rings. The van der Waals surface area contributed by atoms with E-state index in [-0.39, 0.29) is 12.2 Å². The van der Waals surface area contributed by atoms with Gasteiger partial charge in [0.2, 0.25) is 0 Å². The van der Waals surface area contributed by atoms with Gasteiger partial charge in [-0.25, -0.2) is 13.2 Å². The number of morpholine rings is 1. The van der Waals surface area contributed by atoms with Gasteiger partial charge in [0.1, 0.15) is 15.4 Å². The predicted octanol–water partition coefficient (Wildman–Crippen LogP) is -0.637. The minimum atomic E-state index is -3.35. The van der Waals surface area contributed by atoms with Crippen LogP contribution in [0.15, 0.2) is 0 Å². The summed E-state index contributed by atoms with van der Waals surface area (Å²) in [5, 5.41) is 12.3. The van der Waals surface area contributed by atoms with Crippen LogP contribution >= 0.6 is 0 Å². The lowest BCUT2D eigenvalue weighted by Gasteiger charge is -2.37. The van der Waals surface area contributed by atoms with Crippen molar-refractivity contribution < 1.29 is 27.5 Å². The number of likely N-dealkylation sites (tertiary alicyclic amines) is 1. The van der Waals surface area contributed by atoms with Gasteiger partial charge in [0.05, 0.1) is 25.0 Å². The highest BCUT2D eigenvalue weighted by atomic mass is 32.2. The number of nitrogens with zero attached hydrogens (tertiary/aromatic N) is 3. The first-order valence-electron chi connectivity index (χ1n) is 9.27. The summed E-state index contributed by atoms with van der Waals surface area (Å²) in [6.45, 7) is 2.73. The second kappa shape index (κ2) is 9.54. The van der Waals surface area contributed by atoms with Crippen LogP contribution in [0.2, 0.25) is 0 Å². The van der Waals surface area contributed by atoms with E-state index >= 15 is 0 Å². The molecule has 0 spiro atoms. The van der Waals surface area contributed by atoms with Crippen LogP contribution in [0.1, 0.15) is 19.3 Å². The molecule has 10 nitrogen and oxygen atoms in total. The Morgan fingerprint density at radius 3 is 2.39 bits per heavy atom. The first-order valence-corrected chi connectivity index (χ1v) is 11.3. The van der Waals surface area contributed by atoms with Crippen molar-refractivity contribution in [2.45, 2.75) is 30.9 Å². The molecule has 0 bridgehead atoms. The number of nitrogens with one attached hydrogen (secondary N) is 1. The number of piperidine rings is 1. The van der Waals surface area contributed by atoms with Gasteiger partial charge in [-0.15, -0.1) is 0 Å². The second-order valence-electron chi connectivity index (χ2n) is 7.38. The van der Waals surface area contributed by atoms with E-state index in [1.165, 1.54) is 4.90 Å². The van der Waals surface area contributed by atoms with Crippen LogP contribution in [0.5, 0.6) is 0 Å². The van der Waals surface area contributed by atoms with Crippen molar-refractivity contribution in [1.29, 1.82) is 5.26 Å². The molecule has 2 saturated heterocycles. The molecular weight excluding hydrogens is 388 g/mol. The topological polar surface area (TPSA) is 129 Å².